The van der Waals surface area contributed by atoms with Crippen molar-refractivity contribution in [2.75, 3.05) is 19.3 Å². The van der Waals surface area contributed by atoms with Gasteiger partial charge in [0.1, 0.15) is 0 Å². The van der Waals surface area contributed by atoms with E-state index in [-0.39, 0.29) is 0 Å². The lowest BCUT2D eigenvalue weighted by molar-refractivity contribution is 0.213. The summed E-state index contributed by atoms with van der Waals surface area (Å²) in [6.07, 6.45) is 1.30. The van der Waals surface area contributed by atoms with Gasteiger partial charge < -0.3 is 5.32 Å². The van der Waals surface area contributed by atoms with Gasteiger partial charge in [-0.3, -0.25) is 0 Å². The Morgan fingerprint density at radius 1 is 1.33 bits per heavy atom. The van der Waals surface area contributed by atoms with E-state index in [9.17, 15) is 0 Å². The third-order valence-corrected chi connectivity index (χ3v) is 5.29. The summed E-state index contributed by atoms with van der Waals surface area (Å²) in [6.45, 7) is 8.21. The highest BCUT2D eigenvalue weighted by Crippen LogP contribution is 2.44. The molecule has 0 amide bonds. The van der Waals surface area contributed by atoms with Crippen LogP contribution in [0.5, 0.6) is 0 Å². The normalized spacial score (nSPS) is 20.8. The van der Waals surface area contributed by atoms with Crippen molar-refractivity contribution in [2.24, 2.45) is 11.3 Å². The molecular weight excluding hydrogens is 238 g/mol. The van der Waals surface area contributed by atoms with Crippen molar-refractivity contribution in [3.05, 3.63) is 29.8 Å². The van der Waals surface area contributed by atoms with Crippen LogP contribution in [0.4, 0.5) is 0 Å². The number of hydrogen-bond donors (Lipinski definition) is 1. The first-order valence-electron chi connectivity index (χ1n) is 6.88. The minimum absolute atomic E-state index is 0.380. The van der Waals surface area contributed by atoms with Crippen LogP contribution >= 0.6 is 11.8 Å². The quantitative estimate of drug-likeness (QED) is 0.876. The summed E-state index contributed by atoms with van der Waals surface area (Å²) < 4.78 is 0. The highest BCUT2D eigenvalue weighted by molar-refractivity contribution is 7.99. The summed E-state index contributed by atoms with van der Waals surface area (Å²) in [5.41, 5.74) is 1.96. The molecule has 0 aliphatic carbocycles. The maximum atomic E-state index is 3.37. The fourth-order valence-electron chi connectivity index (χ4n) is 2.76. The molecule has 0 bridgehead atoms. The minimum atomic E-state index is 0.380. The average Bonchev–Trinajstić information content (AvgIpc) is 2.71. The molecule has 1 N–H and O–H groups in total. The molecule has 0 spiro atoms. The lowest BCUT2D eigenvalue weighted by Crippen LogP contribution is -2.31. The van der Waals surface area contributed by atoms with Crippen molar-refractivity contribution < 1.29 is 0 Å². The number of benzene rings is 1. The molecule has 100 valence electrons. The van der Waals surface area contributed by atoms with Crippen molar-refractivity contribution in [1.29, 1.82) is 0 Å². The highest BCUT2D eigenvalue weighted by Gasteiger charge is 2.30. The van der Waals surface area contributed by atoms with Crippen molar-refractivity contribution in [2.45, 2.75) is 38.0 Å². The average molecular weight is 263 g/mol. The molecule has 1 nitrogen and oxygen atoms in total. The van der Waals surface area contributed by atoms with Gasteiger partial charge in [-0.2, -0.15) is 0 Å². The Morgan fingerprint density at radius 3 is 2.72 bits per heavy atom. The zero-order valence-corrected chi connectivity index (χ0v) is 12.8. The van der Waals surface area contributed by atoms with Gasteiger partial charge in [-0.15, -0.1) is 11.8 Å². The van der Waals surface area contributed by atoms with E-state index in [1.807, 2.05) is 11.8 Å². The van der Waals surface area contributed by atoms with Crippen LogP contribution < -0.4 is 5.32 Å². The van der Waals surface area contributed by atoms with Gasteiger partial charge in [-0.1, -0.05) is 39.0 Å². The molecule has 2 atom stereocenters. The summed E-state index contributed by atoms with van der Waals surface area (Å²) in [5.74, 6) is 2.73. The lowest BCUT2D eigenvalue weighted by Gasteiger charge is -2.32. The molecule has 0 saturated heterocycles. The predicted octanol–water partition coefficient (Wildman–Crippen LogP) is 4.15. The third kappa shape index (κ3) is 3.10. The van der Waals surface area contributed by atoms with Gasteiger partial charge in [0.05, 0.1) is 0 Å². The molecule has 1 aromatic carbocycles. The fraction of sp³-hybridized carbons (Fsp3) is 0.625. The Hall–Kier alpha value is -0.470. The third-order valence-electron chi connectivity index (χ3n) is 4.04. The Kier molecular flexibility index (Phi) is 4.39. The van der Waals surface area contributed by atoms with Crippen molar-refractivity contribution in [1.82, 2.24) is 5.32 Å². The number of thioether (sulfide) groups is 1. The topological polar surface area (TPSA) is 12.0 Å². The van der Waals surface area contributed by atoms with Crippen LogP contribution in [-0.2, 0) is 0 Å². The van der Waals surface area contributed by atoms with Crippen LogP contribution in [0.1, 0.15) is 38.7 Å². The van der Waals surface area contributed by atoms with Crippen LogP contribution in [0, 0.1) is 11.3 Å². The molecule has 2 rings (SSSR count). The van der Waals surface area contributed by atoms with Gasteiger partial charge in [-0.05, 0) is 48.9 Å². The summed E-state index contributed by atoms with van der Waals surface area (Å²) in [6, 6.07) is 8.92. The largest absolute Gasteiger partial charge is 0.319 e. The van der Waals surface area contributed by atoms with Gasteiger partial charge >= 0.3 is 0 Å². The summed E-state index contributed by atoms with van der Waals surface area (Å²) in [5, 5.41) is 3.37. The number of nitrogens with one attached hydrogen (secondary N) is 1. The van der Waals surface area contributed by atoms with E-state index >= 15 is 0 Å². The van der Waals surface area contributed by atoms with E-state index in [1.54, 1.807) is 5.56 Å². The van der Waals surface area contributed by atoms with Crippen LogP contribution in [0.3, 0.4) is 0 Å². The van der Waals surface area contributed by atoms with Crippen LogP contribution in [0.25, 0.3) is 0 Å². The molecule has 1 heterocycles. The van der Waals surface area contributed by atoms with Crippen molar-refractivity contribution in [3.8, 4) is 0 Å². The van der Waals surface area contributed by atoms with Crippen molar-refractivity contribution >= 4 is 11.8 Å². The van der Waals surface area contributed by atoms with Crippen LogP contribution in [0.2, 0.25) is 0 Å². The monoisotopic (exact) mass is 263 g/mol. The number of rotatable bonds is 4. The van der Waals surface area contributed by atoms with E-state index in [4.69, 9.17) is 0 Å². The van der Waals surface area contributed by atoms with Gasteiger partial charge in [-0.25, -0.2) is 0 Å². The molecule has 1 aromatic rings. The second-order valence-electron chi connectivity index (χ2n) is 6.40. The molecule has 0 radical (unpaired) electrons. The smallest absolute Gasteiger partial charge is 0.0107 e. The summed E-state index contributed by atoms with van der Waals surface area (Å²) >= 11 is 2.03. The van der Waals surface area contributed by atoms with Gasteiger partial charge in [0, 0.05) is 10.6 Å². The van der Waals surface area contributed by atoms with Gasteiger partial charge in [0.25, 0.3) is 0 Å². The zero-order chi connectivity index (χ0) is 13.2. The minimum Gasteiger partial charge on any atom is -0.319 e. The Bertz CT molecular complexity index is 394. The van der Waals surface area contributed by atoms with Crippen LogP contribution in [0.15, 0.2) is 29.2 Å². The Labute approximate surface area is 116 Å². The van der Waals surface area contributed by atoms with Gasteiger partial charge in [0.2, 0.25) is 0 Å². The standard InChI is InChI=1S/C16H25NS/c1-16(2,3)13(10-17-4)9-12-11-18-15-8-6-5-7-14(12)15/h5-8,12-13,17H,9-11H2,1-4H3. The predicted molar refractivity (Wildman–Crippen MR) is 81.4 cm³/mol. The molecule has 0 fully saturated rings. The molecule has 1 aliphatic rings. The van der Waals surface area contributed by atoms with E-state index in [0.29, 0.717) is 5.41 Å². The summed E-state index contributed by atoms with van der Waals surface area (Å²) in [4.78, 5) is 1.50. The van der Waals surface area contributed by atoms with E-state index in [1.165, 1.54) is 17.1 Å². The van der Waals surface area contributed by atoms with Crippen molar-refractivity contribution in [3.63, 3.8) is 0 Å². The molecule has 2 heteroatoms. The Balaban J connectivity index is 2.10. The molecular formula is C16H25NS. The fourth-order valence-corrected chi connectivity index (χ4v) is 4.03. The van der Waals surface area contributed by atoms with E-state index in [0.717, 1.165) is 18.4 Å². The first-order valence-corrected chi connectivity index (χ1v) is 7.87. The maximum absolute atomic E-state index is 3.37. The second-order valence-corrected chi connectivity index (χ2v) is 7.46. The van der Waals surface area contributed by atoms with Crippen LogP contribution in [-0.4, -0.2) is 19.3 Å². The molecule has 1 aliphatic heterocycles. The molecule has 0 saturated carbocycles. The SMILES string of the molecule is CNCC(CC1CSc2ccccc21)C(C)(C)C. The second kappa shape index (κ2) is 5.66. The number of fused-ring (bicyclic) bond motifs is 1. The Morgan fingerprint density at radius 2 is 2.06 bits per heavy atom. The molecule has 0 aromatic heterocycles. The molecule has 2 unspecified atom stereocenters. The summed E-state index contributed by atoms with van der Waals surface area (Å²) in [7, 11) is 2.07. The lowest BCUT2D eigenvalue weighted by atomic mass is 9.75. The zero-order valence-electron chi connectivity index (χ0n) is 12.0. The number of hydrogen-bond acceptors (Lipinski definition) is 2. The first-order chi connectivity index (χ1) is 8.52. The van der Waals surface area contributed by atoms with E-state index in [2.05, 4.69) is 57.4 Å². The highest BCUT2D eigenvalue weighted by atomic mass is 32.2. The first kappa shape index (κ1) is 14.0. The van der Waals surface area contributed by atoms with E-state index < -0.39 is 0 Å². The van der Waals surface area contributed by atoms with Gasteiger partial charge in [0.15, 0.2) is 0 Å². The maximum Gasteiger partial charge on any atom is 0.0107 e. The molecule has 18 heavy (non-hydrogen) atoms.